The molecule has 0 spiro atoms. The van der Waals surface area contributed by atoms with Crippen LogP contribution in [0.5, 0.6) is 0 Å². The van der Waals surface area contributed by atoms with Gasteiger partial charge in [0.25, 0.3) is 0 Å². The molecule has 0 aliphatic heterocycles. The van der Waals surface area contributed by atoms with Gasteiger partial charge in [-0.15, -0.1) is 0 Å². The van der Waals surface area contributed by atoms with Gasteiger partial charge in [0, 0.05) is 0 Å². The highest BCUT2D eigenvalue weighted by Crippen LogP contribution is 2.06. The summed E-state index contributed by atoms with van der Waals surface area (Å²) in [5, 5.41) is 0. The molecule has 0 saturated heterocycles. The second-order valence-corrected chi connectivity index (χ2v) is 3.39. The van der Waals surface area contributed by atoms with Crippen LogP contribution in [0.25, 0.3) is 0 Å². The average Bonchev–Trinajstić information content (AvgIpc) is 2.01. The van der Waals surface area contributed by atoms with Crippen LogP contribution in [-0.4, -0.2) is 25.0 Å². The Morgan fingerprint density at radius 3 is 2.45 bits per heavy atom. The van der Waals surface area contributed by atoms with Gasteiger partial charge in [-0.3, -0.25) is 0 Å². The first-order valence-electron chi connectivity index (χ1n) is 4.59. The maximum absolute atomic E-state index is 5.43. The van der Waals surface area contributed by atoms with E-state index in [9.17, 15) is 0 Å². The molecule has 0 amide bonds. The lowest BCUT2D eigenvalue weighted by atomic mass is 10.1. The van der Waals surface area contributed by atoms with E-state index in [1.165, 1.54) is 19.4 Å². The van der Waals surface area contributed by atoms with E-state index in [0.717, 1.165) is 18.9 Å². The molecule has 0 aromatic carbocycles. The quantitative estimate of drug-likeness (QED) is 0.569. The summed E-state index contributed by atoms with van der Waals surface area (Å²) in [6.07, 6.45) is 3.36. The van der Waals surface area contributed by atoms with Gasteiger partial charge in [0.15, 0.2) is 0 Å². The monoisotopic (exact) mass is 155 g/mol. The lowest BCUT2D eigenvalue weighted by Gasteiger charge is -2.17. The summed E-state index contributed by atoms with van der Waals surface area (Å²) in [6.45, 7) is 12.2. The first-order chi connectivity index (χ1) is 5.20. The minimum Gasteiger partial charge on any atom is -0.306 e. The Labute approximate surface area is 71.8 Å². The Hall–Kier alpha value is -0.0400. The number of hydrogen-bond donors (Lipinski definition) is 0. The van der Waals surface area contributed by atoms with Gasteiger partial charge in [0.2, 0.25) is 0 Å². The Bertz CT molecular complexity index is 80.9. The van der Waals surface area contributed by atoms with E-state index >= 15 is 0 Å². The van der Waals surface area contributed by atoms with Gasteiger partial charge in [-0.25, -0.2) is 0 Å². The van der Waals surface area contributed by atoms with Gasteiger partial charge < -0.3 is 4.90 Å². The fourth-order valence-electron chi connectivity index (χ4n) is 0.977. The van der Waals surface area contributed by atoms with Crippen LogP contribution in [0.3, 0.4) is 0 Å². The highest BCUT2D eigenvalue weighted by atomic mass is 15.1. The topological polar surface area (TPSA) is 3.24 Å². The van der Waals surface area contributed by atoms with Crippen LogP contribution in [0, 0.1) is 12.8 Å². The molecule has 0 aromatic rings. The summed E-state index contributed by atoms with van der Waals surface area (Å²) >= 11 is 0. The third kappa shape index (κ3) is 6.36. The normalized spacial score (nSPS) is 13.9. The Kier molecular flexibility index (Phi) is 6.63. The molecule has 0 heterocycles. The zero-order valence-electron chi connectivity index (χ0n) is 8.14. The van der Waals surface area contributed by atoms with Gasteiger partial charge in [-0.05, 0) is 45.8 Å². The van der Waals surface area contributed by atoms with Crippen LogP contribution in [0.4, 0.5) is 0 Å². The average molecular weight is 155 g/mol. The van der Waals surface area contributed by atoms with Crippen molar-refractivity contribution < 1.29 is 0 Å². The van der Waals surface area contributed by atoms with Gasteiger partial charge in [0.05, 0.1) is 0 Å². The zero-order valence-corrected chi connectivity index (χ0v) is 8.14. The van der Waals surface area contributed by atoms with E-state index in [2.05, 4.69) is 25.8 Å². The molecular formula is C10H21N. The summed E-state index contributed by atoms with van der Waals surface area (Å²) < 4.78 is 0. The third-order valence-electron chi connectivity index (χ3n) is 2.21. The fraction of sp³-hybridized carbons (Fsp3) is 0.900. The standard InChI is InChI=1S/C10H21N/c1-5-8-11(4)9-7-10(3)6-2/h1,10H,5-9H2,2-4H3. The molecule has 1 atom stereocenters. The van der Waals surface area contributed by atoms with Gasteiger partial charge in [0.1, 0.15) is 0 Å². The molecule has 0 aliphatic rings. The minimum atomic E-state index is 0.775. The maximum Gasteiger partial charge on any atom is -0.00189 e. The molecule has 0 saturated carbocycles. The molecular weight excluding hydrogens is 134 g/mol. The second-order valence-electron chi connectivity index (χ2n) is 3.39. The molecule has 0 aromatic heterocycles. The summed E-state index contributed by atoms with van der Waals surface area (Å²) in [5.74, 6) is 0.857. The zero-order chi connectivity index (χ0) is 8.69. The lowest BCUT2D eigenvalue weighted by Crippen LogP contribution is -2.21. The van der Waals surface area contributed by atoms with E-state index in [0.29, 0.717) is 0 Å². The molecule has 1 heteroatoms. The van der Waals surface area contributed by atoms with Crippen molar-refractivity contribution >= 4 is 0 Å². The molecule has 0 rings (SSSR count). The van der Waals surface area contributed by atoms with Crippen LogP contribution in [0.1, 0.15) is 33.1 Å². The van der Waals surface area contributed by atoms with Crippen molar-refractivity contribution in [3.8, 4) is 0 Å². The Morgan fingerprint density at radius 2 is 2.00 bits per heavy atom. The van der Waals surface area contributed by atoms with E-state index < -0.39 is 0 Å². The highest BCUT2D eigenvalue weighted by Gasteiger charge is 2.00. The third-order valence-corrected chi connectivity index (χ3v) is 2.21. The Morgan fingerprint density at radius 1 is 1.36 bits per heavy atom. The molecule has 2 radical (unpaired) electrons. The summed E-state index contributed by atoms with van der Waals surface area (Å²) in [6, 6.07) is 0. The largest absolute Gasteiger partial charge is 0.306 e. The van der Waals surface area contributed by atoms with Crippen LogP contribution >= 0.6 is 0 Å². The van der Waals surface area contributed by atoms with Crippen LogP contribution in [-0.2, 0) is 0 Å². The van der Waals surface area contributed by atoms with Gasteiger partial charge in [-0.1, -0.05) is 20.3 Å². The molecule has 0 bridgehead atoms. The molecule has 0 fully saturated rings. The Balaban J connectivity index is 3.22. The smallest absolute Gasteiger partial charge is 0.00189 e. The van der Waals surface area contributed by atoms with Gasteiger partial charge in [-0.2, -0.15) is 0 Å². The maximum atomic E-state index is 5.43. The second kappa shape index (κ2) is 6.66. The molecule has 1 nitrogen and oxygen atoms in total. The molecule has 1 unspecified atom stereocenters. The van der Waals surface area contributed by atoms with Crippen molar-refractivity contribution in [1.29, 1.82) is 0 Å². The predicted molar refractivity (Wildman–Crippen MR) is 50.5 cm³/mol. The minimum absolute atomic E-state index is 0.775. The van der Waals surface area contributed by atoms with Crippen molar-refractivity contribution in [3.05, 3.63) is 6.92 Å². The van der Waals surface area contributed by atoms with Crippen LogP contribution in [0.15, 0.2) is 0 Å². The predicted octanol–water partition coefficient (Wildman–Crippen LogP) is 2.46. The van der Waals surface area contributed by atoms with E-state index in [1.54, 1.807) is 0 Å². The summed E-state index contributed by atoms with van der Waals surface area (Å²) in [5.41, 5.74) is 0. The van der Waals surface area contributed by atoms with Crippen LogP contribution < -0.4 is 0 Å². The first kappa shape index (κ1) is 11.0. The van der Waals surface area contributed by atoms with Crippen molar-refractivity contribution in [1.82, 2.24) is 4.90 Å². The van der Waals surface area contributed by atoms with Gasteiger partial charge >= 0.3 is 0 Å². The first-order valence-corrected chi connectivity index (χ1v) is 4.59. The van der Waals surface area contributed by atoms with Crippen molar-refractivity contribution in [3.63, 3.8) is 0 Å². The molecule has 0 aliphatic carbocycles. The number of nitrogens with zero attached hydrogens (tertiary/aromatic N) is 1. The van der Waals surface area contributed by atoms with Crippen LogP contribution in [0.2, 0.25) is 0 Å². The highest BCUT2D eigenvalue weighted by molar-refractivity contribution is 4.56. The van der Waals surface area contributed by atoms with Crippen molar-refractivity contribution in [2.45, 2.75) is 33.1 Å². The summed E-state index contributed by atoms with van der Waals surface area (Å²) in [7, 11) is 2.13. The molecule has 0 N–H and O–H groups in total. The molecule has 66 valence electrons. The van der Waals surface area contributed by atoms with Crippen molar-refractivity contribution in [2.24, 2.45) is 5.92 Å². The van der Waals surface area contributed by atoms with Crippen molar-refractivity contribution in [2.75, 3.05) is 20.1 Å². The number of rotatable bonds is 6. The molecule has 11 heavy (non-hydrogen) atoms. The summed E-state index contributed by atoms with van der Waals surface area (Å²) in [4.78, 5) is 2.30. The SMILES string of the molecule is [CH]CCN(C)CCC(C)CC. The fourth-order valence-corrected chi connectivity index (χ4v) is 0.977. The lowest BCUT2D eigenvalue weighted by molar-refractivity contribution is 0.308. The van der Waals surface area contributed by atoms with E-state index in [-0.39, 0.29) is 0 Å². The number of hydrogen-bond acceptors (Lipinski definition) is 1. The van der Waals surface area contributed by atoms with E-state index in [4.69, 9.17) is 6.92 Å². The van der Waals surface area contributed by atoms with E-state index in [1.807, 2.05) is 0 Å².